The van der Waals surface area contributed by atoms with E-state index in [1.54, 1.807) is 12.1 Å². The van der Waals surface area contributed by atoms with Crippen molar-refractivity contribution in [2.45, 2.75) is 44.9 Å². The van der Waals surface area contributed by atoms with Crippen LogP contribution in [0.25, 0.3) is 0 Å². The zero-order chi connectivity index (χ0) is 15.0. The van der Waals surface area contributed by atoms with Crippen LogP contribution in [-0.4, -0.2) is 30.4 Å². The van der Waals surface area contributed by atoms with Crippen LogP contribution < -0.4 is 5.32 Å². The molecule has 4 heteroatoms. The summed E-state index contributed by atoms with van der Waals surface area (Å²) in [6, 6.07) is 6.42. The topological polar surface area (TPSA) is 41.5 Å². The molecule has 0 spiro atoms. The Hall–Kier alpha value is -0.970. The molecule has 1 aromatic rings. The van der Waals surface area contributed by atoms with Crippen molar-refractivity contribution < 1.29 is 14.2 Å². The molecule has 116 valence electrons. The lowest BCUT2D eigenvalue weighted by Gasteiger charge is -2.60. The monoisotopic (exact) mass is 293 g/mol. The van der Waals surface area contributed by atoms with E-state index in [1.165, 1.54) is 18.6 Å². The Morgan fingerprint density at radius 3 is 2.81 bits per heavy atom. The average Bonchev–Trinajstić information content (AvgIpc) is 2.48. The molecule has 3 rings (SSSR count). The van der Waals surface area contributed by atoms with Gasteiger partial charge in [0.15, 0.2) is 0 Å². The van der Waals surface area contributed by atoms with Crippen LogP contribution in [0.1, 0.15) is 38.4 Å². The Morgan fingerprint density at radius 2 is 2.10 bits per heavy atom. The van der Waals surface area contributed by atoms with E-state index in [4.69, 9.17) is 4.74 Å². The minimum absolute atomic E-state index is 0.105. The van der Waals surface area contributed by atoms with Crippen LogP contribution in [0.3, 0.4) is 0 Å². The van der Waals surface area contributed by atoms with E-state index in [2.05, 4.69) is 19.2 Å². The van der Waals surface area contributed by atoms with Crippen molar-refractivity contribution in [1.82, 2.24) is 5.32 Å². The smallest absolute Gasteiger partial charge is 0.123 e. The van der Waals surface area contributed by atoms with Gasteiger partial charge in [0.2, 0.25) is 0 Å². The molecular weight excluding hydrogens is 269 g/mol. The summed E-state index contributed by atoms with van der Waals surface area (Å²) in [4.78, 5) is 0. The second kappa shape index (κ2) is 5.67. The Kier molecular flexibility index (Phi) is 4.04. The highest BCUT2D eigenvalue weighted by atomic mass is 19.1. The number of rotatable bonds is 4. The first kappa shape index (κ1) is 14.9. The standard InChI is InChI=1S/C17H24FNO2/c1-17(2)15(13-4-3-9-21-16(13)17)19-10-14(20)11-5-7-12(18)8-6-11/h5-8,13-16,19-20H,3-4,9-10H2,1-2H3. The number of fused-ring (bicyclic) bond motifs is 1. The lowest BCUT2D eigenvalue weighted by atomic mass is 9.55. The Morgan fingerprint density at radius 1 is 1.38 bits per heavy atom. The maximum absolute atomic E-state index is 12.9. The molecule has 4 atom stereocenters. The third-order valence-electron chi connectivity index (χ3n) is 5.12. The van der Waals surface area contributed by atoms with Crippen molar-refractivity contribution >= 4 is 0 Å². The normalized spacial score (nSPS) is 32.1. The third-order valence-corrected chi connectivity index (χ3v) is 5.12. The quantitative estimate of drug-likeness (QED) is 0.897. The maximum atomic E-state index is 12.9. The van der Waals surface area contributed by atoms with Crippen LogP contribution in [0, 0.1) is 17.2 Å². The minimum Gasteiger partial charge on any atom is -0.387 e. The van der Waals surface area contributed by atoms with Gasteiger partial charge in [0, 0.05) is 30.5 Å². The summed E-state index contributed by atoms with van der Waals surface area (Å²) in [5.41, 5.74) is 0.852. The van der Waals surface area contributed by atoms with Crippen molar-refractivity contribution in [3.05, 3.63) is 35.6 Å². The molecule has 0 aromatic heterocycles. The first-order valence-corrected chi connectivity index (χ1v) is 7.78. The largest absolute Gasteiger partial charge is 0.387 e. The Labute approximate surface area is 125 Å². The molecule has 1 heterocycles. The van der Waals surface area contributed by atoms with Gasteiger partial charge < -0.3 is 15.2 Å². The number of hydrogen-bond donors (Lipinski definition) is 2. The van der Waals surface area contributed by atoms with Gasteiger partial charge >= 0.3 is 0 Å². The van der Waals surface area contributed by atoms with Crippen LogP contribution >= 0.6 is 0 Å². The zero-order valence-corrected chi connectivity index (χ0v) is 12.7. The second-order valence-electron chi connectivity index (χ2n) is 6.87. The number of ether oxygens (including phenoxy) is 1. The summed E-state index contributed by atoms with van der Waals surface area (Å²) in [6.45, 7) is 5.81. The highest BCUT2D eigenvalue weighted by molar-refractivity contribution is 5.19. The average molecular weight is 293 g/mol. The van der Waals surface area contributed by atoms with Crippen LogP contribution in [0.4, 0.5) is 4.39 Å². The number of aliphatic hydroxyl groups is 1. The van der Waals surface area contributed by atoms with Crippen molar-refractivity contribution in [3.8, 4) is 0 Å². The van der Waals surface area contributed by atoms with Crippen molar-refractivity contribution in [2.24, 2.45) is 11.3 Å². The predicted molar refractivity (Wildman–Crippen MR) is 79.4 cm³/mol. The van der Waals surface area contributed by atoms with Crippen molar-refractivity contribution in [2.75, 3.05) is 13.2 Å². The number of nitrogens with one attached hydrogen (secondary N) is 1. The molecule has 0 radical (unpaired) electrons. The Bertz CT molecular complexity index is 488. The second-order valence-corrected chi connectivity index (χ2v) is 6.87. The highest BCUT2D eigenvalue weighted by Gasteiger charge is 2.57. The Balaban J connectivity index is 1.58. The van der Waals surface area contributed by atoms with E-state index in [-0.39, 0.29) is 11.2 Å². The number of halogens is 1. The minimum atomic E-state index is -0.607. The molecule has 1 saturated heterocycles. The highest BCUT2D eigenvalue weighted by Crippen LogP contribution is 2.51. The molecule has 4 unspecified atom stereocenters. The SMILES string of the molecule is CC1(C)C(NCC(O)c2ccc(F)cc2)C2CCCOC21. The van der Waals surface area contributed by atoms with E-state index in [0.29, 0.717) is 24.6 Å². The fourth-order valence-electron chi connectivity index (χ4n) is 3.98. The van der Waals surface area contributed by atoms with E-state index < -0.39 is 6.10 Å². The first-order chi connectivity index (χ1) is 10.00. The number of hydrogen-bond acceptors (Lipinski definition) is 3. The van der Waals surface area contributed by atoms with Gasteiger partial charge in [-0.1, -0.05) is 26.0 Å². The van der Waals surface area contributed by atoms with E-state index in [1.807, 2.05) is 0 Å². The van der Waals surface area contributed by atoms with Gasteiger partial charge in [0.25, 0.3) is 0 Å². The fourth-order valence-corrected chi connectivity index (χ4v) is 3.98. The van der Waals surface area contributed by atoms with E-state index in [0.717, 1.165) is 18.6 Å². The number of benzene rings is 1. The molecule has 2 fully saturated rings. The molecule has 2 aliphatic rings. The van der Waals surface area contributed by atoms with Crippen LogP contribution in [-0.2, 0) is 4.74 Å². The molecule has 1 aliphatic heterocycles. The third kappa shape index (κ3) is 2.72. The molecular formula is C17H24FNO2. The summed E-state index contributed by atoms with van der Waals surface area (Å²) < 4.78 is 18.8. The lowest BCUT2D eigenvalue weighted by Crippen LogP contribution is -2.69. The fraction of sp³-hybridized carbons (Fsp3) is 0.647. The van der Waals surface area contributed by atoms with Gasteiger partial charge in [0.1, 0.15) is 5.82 Å². The van der Waals surface area contributed by atoms with Crippen LogP contribution in [0.15, 0.2) is 24.3 Å². The van der Waals surface area contributed by atoms with Gasteiger partial charge in [-0.2, -0.15) is 0 Å². The summed E-state index contributed by atoms with van der Waals surface area (Å²) in [7, 11) is 0. The molecule has 0 amide bonds. The predicted octanol–water partition coefficient (Wildman–Crippen LogP) is 2.65. The van der Waals surface area contributed by atoms with Gasteiger partial charge in [-0.05, 0) is 30.5 Å². The molecule has 0 bridgehead atoms. The van der Waals surface area contributed by atoms with Crippen LogP contribution in [0.5, 0.6) is 0 Å². The van der Waals surface area contributed by atoms with Gasteiger partial charge in [-0.25, -0.2) is 4.39 Å². The van der Waals surface area contributed by atoms with Gasteiger partial charge in [-0.3, -0.25) is 0 Å². The van der Waals surface area contributed by atoms with Crippen LogP contribution in [0.2, 0.25) is 0 Å². The summed E-state index contributed by atoms with van der Waals surface area (Å²) in [5, 5.41) is 13.7. The van der Waals surface area contributed by atoms with Gasteiger partial charge in [0.05, 0.1) is 12.2 Å². The summed E-state index contributed by atoms with van der Waals surface area (Å²) >= 11 is 0. The molecule has 2 N–H and O–H groups in total. The molecule has 21 heavy (non-hydrogen) atoms. The molecule has 1 aromatic carbocycles. The summed E-state index contributed by atoms with van der Waals surface area (Å²) in [6.07, 6.45) is 2.05. The number of aliphatic hydroxyl groups excluding tert-OH is 1. The zero-order valence-electron chi connectivity index (χ0n) is 12.7. The lowest BCUT2D eigenvalue weighted by molar-refractivity contribution is -0.193. The molecule has 1 saturated carbocycles. The van der Waals surface area contributed by atoms with E-state index >= 15 is 0 Å². The van der Waals surface area contributed by atoms with Gasteiger partial charge in [-0.15, -0.1) is 0 Å². The maximum Gasteiger partial charge on any atom is 0.123 e. The summed E-state index contributed by atoms with van der Waals surface area (Å²) in [5.74, 6) is 0.274. The first-order valence-electron chi connectivity index (χ1n) is 7.78. The van der Waals surface area contributed by atoms with Crippen molar-refractivity contribution in [1.29, 1.82) is 0 Å². The van der Waals surface area contributed by atoms with E-state index in [9.17, 15) is 9.50 Å². The molecule has 1 aliphatic carbocycles. The van der Waals surface area contributed by atoms with Crippen molar-refractivity contribution in [3.63, 3.8) is 0 Å². The molecule has 3 nitrogen and oxygen atoms in total.